The predicted molar refractivity (Wildman–Crippen MR) is 113 cm³/mol. The molecule has 0 amide bonds. The van der Waals surface area contributed by atoms with E-state index in [0.717, 1.165) is 10.2 Å². The highest BCUT2D eigenvalue weighted by atomic mass is 35.5. The van der Waals surface area contributed by atoms with Gasteiger partial charge in [0.1, 0.15) is 0 Å². The first-order valence-corrected chi connectivity index (χ1v) is 9.58. The average Bonchev–Trinajstić information content (AvgIpc) is 3.29. The lowest BCUT2D eigenvalue weighted by atomic mass is 10.2. The highest BCUT2D eigenvalue weighted by Gasteiger charge is 2.17. The Morgan fingerprint density at radius 2 is 1.76 bits per heavy atom. The Hall–Kier alpha value is -3.24. The van der Waals surface area contributed by atoms with Gasteiger partial charge in [-0.3, -0.25) is 0 Å². The van der Waals surface area contributed by atoms with Crippen LogP contribution >= 0.6 is 22.9 Å². The molecule has 2 aromatic carbocycles. The van der Waals surface area contributed by atoms with Crippen LogP contribution in [-0.2, 0) is 0 Å². The lowest BCUT2D eigenvalue weighted by Crippen LogP contribution is -2.02. The first kappa shape index (κ1) is 19.1. The zero-order valence-electron chi connectivity index (χ0n) is 15.8. The van der Waals surface area contributed by atoms with Crippen LogP contribution in [0.15, 0.2) is 30.3 Å². The van der Waals surface area contributed by atoms with Gasteiger partial charge in [-0.1, -0.05) is 22.9 Å². The average molecular weight is 433 g/mol. The number of halogens is 1. The van der Waals surface area contributed by atoms with Crippen LogP contribution in [0.25, 0.3) is 15.3 Å². The third kappa shape index (κ3) is 3.59. The van der Waals surface area contributed by atoms with Gasteiger partial charge in [0.15, 0.2) is 11.5 Å². The third-order valence-corrected chi connectivity index (χ3v) is 5.30. The second-order valence-electron chi connectivity index (χ2n) is 5.85. The number of ether oxygens (including phenoxy) is 3. The standard InChI is InChI=1S/C18H17ClN6O3S/c1-26-12-7-10(8-13(27-2)15(12)28-3)21-17-23-16(20)25(24-17)18-22-11-5-4-9(19)6-14(11)29-18/h4-8H,1-3H3,(H3,20,21,23,24). The lowest BCUT2D eigenvalue weighted by Gasteiger charge is -2.14. The first-order chi connectivity index (χ1) is 14.0. The molecule has 150 valence electrons. The van der Waals surface area contributed by atoms with Crippen LogP contribution in [0.4, 0.5) is 17.6 Å². The Morgan fingerprint density at radius 1 is 1.03 bits per heavy atom. The van der Waals surface area contributed by atoms with Gasteiger partial charge in [-0.25, -0.2) is 4.98 Å². The van der Waals surface area contributed by atoms with Crippen molar-refractivity contribution in [1.29, 1.82) is 0 Å². The van der Waals surface area contributed by atoms with Gasteiger partial charge in [0.05, 0.1) is 31.5 Å². The SMILES string of the molecule is COc1cc(Nc2nc(N)n(-c3nc4ccc(Cl)cc4s3)n2)cc(OC)c1OC. The summed E-state index contributed by atoms with van der Waals surface area (Å²) in [6.07, 6.45) is 0. The topological polar surface area (TPSA) is 109 Å². The van der Waals surface area contributed by atoms with Crippen LogP contribution in [-0.4, -0.2) is 41.1 Å². The van der Waals surface area contributed by atoms with Gasteiger partial charge in [-0.15, -0.1) is 5.10 Å². The Morgan fingerprint density at radius 3 is 2.41 bits per heavy atom. The molecule has 0 radical (unpaired) electrons. The molecular formula is C18H17ClN6O3S. The molecule has 0 fully saturated rings. The summed E-state index contributed by atoms with van der Waals surface area (Å²) in [6, 6.07) is 8.98. The van der Waals surface area contributed by atoms with Crippen molar-refractivity contribution >= 4 is 50.7 Å². The van der Waals surface area contributed by atoms with E-state index in [1.165, 1.54) is 16.0 Å². The molecule has 2 heterocycles. The van der Waals surface area contributed by atoms with Crippen LogP contribution in [0.5, 0.6) is 17.2 Å². The number of hydrogen-bond donors (Lipinski definition) is 2. The number of nitrogens with one attached hydrogen (secondary N) is 1. The zero-order valence-corrected chi connectivity index (χ0v) is 17.3. The molecule has 11 heteroatoms. The summed E-state index contributed by atoms with van der Waals surface area (Å²) in [6.45, 7) is 0. The van der Waals surface area contributed by atoms with Crippen molar-refractivity contribution in [2.75, 3.05) is 32.4 Å². The van der Waals surface area contributed by atoms with Crippen molar-refractivity contribution in [3.05, 3.63) is 35.4 Å². The highest BCUT2D eigenvalue weighted by molar-refractivity contribution is 7.20. The fraction of sp³-hybridized carbons (Fsp3) is 0.167. The summed E-state index contributed by atoms with van der Waals surface area (Å²) in [7, 11) is 4.64. The number of benzene rings is 2. The van der Waals surface area contributed by atoms with Crippen molar-refractivity contribution in [2.24, 2.45) is 0 Å². The number of nitrogens with zero attached hydrogens (tertiary/aromatic N) is 4. The fourth-order valence-corrected chi connectivity index (χ4v) is 3.98. The zero-order chi connectivity index (χ0) is 20.5. The molecule has 0 unspecified atom stereocenters. The van der Waals surface area contributed by atoms with Crippen LogP contribution in [0, 0.1) is 0 Å². The number of aromatic nitrogens is 4. The maximum Gasteiger partial charge on any atom is 0.248 e. The molecule has 2 aromatic heterocycles. The molecular weight excluding hydrogens is 416 g/mol. The van der Waals surface area contributed by atoms with Gasteiger partial charge >= 0.3 is 0 Å². The highest BCUT2D eigenvalue weighted by Crippen LogP contribution is 2.40. The molecule has 0 saturated heterocycles. The summed E-state index contributed by atoms with van der Waals surface area (Å²) in [5.41, 5.74) is 7.51. The third-order valence-electron chi connectivity index (χ3n) is 4.07. The largest absolute Gasteiger partial charge is 0.493 e. The summed E-state index contributed by atoms with van der Waals surface area (Å²) >= 11 is 7.47. The Labute approximate surface area is 175 Å². The molecule has 0 bridgehead atoms. The molecule has 0 atom stereocenters. The Bertz CT molecular complexity index is 1170. The van der Waals surface area contributed by atoms with Gasteiger partial charge in [-0.05, 0) is 18.2 Å². The van der Waals surface area contributed by atoms with Crippen molar-refractivity contribution in [2.45, 2.75) is 0 Å². The van der Waals surface area contributed by atoms with Crippen LogP contribution in [0.3, 0.4) is 0 Å². The van der Waals surface area contributed by atoms with Gasteiger partial charge in [0, 0.05) is 22.8 Å². The van der Waals surface area contributed by atoms with Crippen molar-refractivity contribution < 1.29 is 14.2 Å². The monoisotopic (exact) mass is 432 g/mol. The maximum absolute atomic E-state index is 6.06. The molecule has 29 heavy (non-hydrogen) atoms. The number of nitrogens with two attached hydrogens (primary N) is 1. The van der Waals surface area contributed by atoms with E-state index in [4.69, 9.17) is 31.5 Å². The molecule has 4 aromatic rings. The van der Waals surface area contributed by atoms with Gasteiger partial charge in [-0.2, -0.15) is 9.67 Å². The molecule has 4 rings (SSSR count). The van der Waals surface area contributed by atoms with Crippen molar-refractivity contribution in [3.63, 3.8) is 0 Å². The van der Waals surface area contributed by atoms with Crippen LogP contribution < -0.4 is 25.3 Å². The van der Waals surface area contributed by atoms with Crippen LogP contribution in [0.1, 0.15) is 0 Å². The minimum absolute atomic E-state index is 0.199. The number of rotatable bonds is 6. The van der Waals surface area contributed by atoms with Crippen molar-refractivity contribution in [3.8, 4) is 22.4 Å². The molecule has 3 N–H and O–H groups in total. The van der Waals surface area contributed by atoms with E-state index >= 15 is 0 Å². The second-order valence-corrected chi connectivity index (χ2v) is 7.30. The van der Waals surface area contributed by atoms with Crippen LogP contribution in [0.2, 0.25) is 5.02 Å². The fourth-order valence-electron chi connectivity index (χ4n) is 2.78. The summed E-state index contributed by atoms with van der Waals surface area (Å²) in [5.74, 6) is 2.00. The quantitative estimate of drug-likeness (QED) is 0.472. The van der Waals surface area contributed by atoms with E-state index in [1.54, 1.807) is 39.5 Å². The van der Waals surface area contributed by atoms with E-state index in [-0.39, 0.29) is 5.95 Å². The van der Waals surface area contributed by atoms with E-state index in [0.29, 0.717) is 39.0 Å². The molecule has 0 aliphatic rings. The number of methoxy groups -OCH3 is 3. The summed E-state index contributed by atoms with van der Waals surface area (Å²) < 4.78 is 18.5. The van der Waals surface area contributed by atoms with E-state index in [2.05, 4.69) is 20.4 Å². The normalized spacial score (nSPS) is 10.9. The van der Waals surface area contributed by atoms with Gasteiger partial charge < -0.3 is 25.3 Å². The number of nitrogen functional groups attached to an aromatic ring is 1. The van der Waals surface area contributed by atoms with E-state index < -0.39 is 0 Å². The smallest absolute Gasteiger partial charge is 0.248 e. The van der Waals surface area contributed by atoms with E-state index in [1.807, 2.05) is 12.1 Å². The molecule has 0 saturated carbocycles. The van der Waals surface area contributed by atoms with Gasteiger partial charge in [0.25, 0.3) is 0 Å². The summed E-state index contributed by atoms with van der Waals surface area (Å²) in [5, 5.41) is 8.74. The van der Waals surface area contributed by atoms with Gasteiger partial charge in [0.2, 0.25) is 22.8 Å². The van der Waals surface area contributed by atoms with E-state index in [9.17, 15) is 0 Å². The number of fused-ring (bicyclic) bond motifs is 1. The summed E-state index contributed by atoms with van der Waals surface area (Å²) in [4.78, 5) is 8.81. The molecule has 0 aliphatic heterocycles. The Kier molecular flexibility index (Phi) is 5.03. The van der Waals surface area contributed by atoms with Crippen molar-refractivity contribution in [1.82, 2.24) is 19.7 Å². The minimum Gasteiger partial charge on any atom is -0.493 e. The second kappa shape index (κ2) is 7.64. The lowest BCUT2D eigenvalue weighted by molar-refractivity contribution is 0.324. The number of thiazole rings is 1. The predicted octanol–water partition coefficient (Wildman–Crippen LogP) is 3.88. The molecule has 0 spiro atoms. The first-order valence-electron chi connectivity index (χ1n) is 8.38. The minimum atomic E-state index is 0.199. The Balaban J connectivity index is 1.67. The molecule has 0 aliphatic carbocycles. The number of hydrogen-bond acceptors (Lipinski definition) is 9. The molecule has 9 nitrogen and oxygen atoms in total. The number of anilines is 3. The maximum atomic E-state index is 6.06.